The Kier molecular flexibility index (Phi) is 5.88. The maximum absolute atomic E-state index is 12.8. The Morgan fingerprint density at radius 2 is 2.03 bits per heavy atom. The summed E-state index contributed by atoms with van der Waals surface area (Å²) in [6, 6.07) is 16.7. The number of nitrogens with zero attached hydrogens (tertiary/aromatic N) is 5. The Bertz CT molecular complexity index is 1730. The zero-order valence-corrected chi connectivity index (χ0v) is 19.6. The van der Waals surface area contributed by atoms with Gasteiger partial charge < -0.3 is 15.0 Å². The molecule has 1 amide bonds. The zero-order valence-electron chi connectivity index (χ0n) is 19.6. The van der Waals surface area contributed by atoms with Crippen LogP contribution in [0.1, 0.15) is 23.2 Å². The monoisotopic (exact) mass is 479 g/mol. The number of para-hydroxylation sites is 3. The van der Waals surface area contributed by atoms with Gasteiger partial charge in [0.2, 0.25) is 5.91 Å². The molecular weight excluding hydrogens is 458 g/mol. The van der Waals surface area contributed by atoms with Gasteiger partial charge in [0.05, 0.1) is 24.3 Å². The molecule has 0 spiro atoms. The van der Waals surface area contributed by atoms with Crippen molar-refractivity contribution in [1.82, 2.24) is 24.7 Å². The quantitative estimate of drug-likeness (QED) is 0.380. The number of amides is 1. The lowest BCUT2D eigenvalue weighted by Gasteiger charge is -2.12. The summed E-state index contributed by atoms with van der Waals surface area (Å²) in [7, 11) is 1.57. The van der Waals surface area contributed by atoms with E-state index in [1.165, 1.54) is 10.9 Å². The molecule has 0 saturated carbocycles. The summed E-state index contributed by atoms with van der Waals surface area (Å²) in [6.07, 6.45) is 1.49. The number of aryl methyl sites for hydroxylation is 2. The van der Waals surface area contributed by atoms with E-state index in [0.29, 0.717) is 28.1 Å². The number of H-pyrrole nitrogens is 1. The van der Waals surface area contributed by atoms with Gasteiger partial charge in [0.1, 0.15) is 28.6 Å². The van der Waals surface area contributed by atoms with Crippen molar-refractivity contribution in [3.05, 3.63) is 81.9 Å². The second-order valence-electron chi connectivity index (χ2n) is 8.16. The molecule has 0 bridgehead atoms. The van der Waals surface area contributed by atoms with E-state index in [1.54, 1.807) is 19.2 Å². The van der Waals surface area contributed by atoms with Crippen LogP contribution in [-0.2, 0) is 11.2 Å². The Morgan fingerprint density at radius 3 is 2.83 bits per heavy atom. The molecule has 0 atom stereocenters. The molecule has 36 heavy (non-hydrogen) atoms. The number of nitriles is 1. The van der Waals surface area contributed by atoms with Gasteiger partial charge in [-0.1, -0.05) is 24.3 Å². The second-order valence-corrected chi connectivity index (χ2v) is 8.16. The van der Waals surface area contributed by atoms with Crippen molar-refractivity contribution >= 4 is 33.7 Å². The van der Waals surface area contributed by atoms with Crippen LogP contribution in [0.3, 0.4) is 0 Å². The maximum Gasteiger partial charge on any atom is 0.270 e. The highest BCUT2D eigenvalue weighted by atomic mass is 16.5. The number of nitrogens with one attached hydrogen (secondary N) is 2. The minimum Gasteiger partial charge on any atom is -0.494 e. The van der Waals surface area contributed by atoms with E-state index in [4.69, 9.17) is 4.74 Å². The Balaban J connectivity index is 1.43. The van der Waals surface area contributed by atoms with Crippen LogP contribution in [0.15, 0.2) is 59.5 Å². The molecule has 0 saturated heterocycles. The summed E-state index contributed by atoms with van der Waals surface area (Å²) < 4.78 is 6.87. The SMILES string of the molecule is COc1cccc2c(C)cc(-n3ncc(C#N)c3NC(=O)CCc3nc4ccccc4[nH]c3=O)nc12. The number of anilines is 1. The molecule has 178 valence electrons. The van der Waals surface area contributed by atoms with Crippen molar-refractivity contribution in [2.24, 2.45) is 0 Å². The predicted octanol–water partition coefficient (Wildman–Crippen LogP) is 3.42. The molecule has 10 nitrogen and oxygen atoms in total. The van der Waals surface area contributed by atoms with Crippen LogP contribution in [-0.4, -0.2) is 37.7 Å². The summed E-state index contributed by atoms with van der Waals surface area (Å²) >= 11 is 0. The Morgan fingerprint density at radius 1 is 1.19 bits per heavy atom. The number of methoxy groups -OCH3 is 1. The summed E-state index contributed by atoms with van der Waals surface area (Å²) in [6.45, 7) is 1.94. The normalized spacial score (nSPS) is 10.9. The van der Waals surface area contributed by atoms with Gasteiger partial charge in [-0.05, 0) is 36.8 Å². The summed E-state index contributed by atoms with van der Waals surface area (Å²) in [4.78, 5) is 37.1. The highest BCUT2D eigenvalue weighted by Gasteiger charge is 2.18. The minimum absolute atomic E-state index is 0.0114. The molecule has 10 heteroatoms. The molecule has 0 unspecified atom stereocenters. The van der Waals surface area contributed by atoms with Crippen molar-refractivity contribution in [2.75, 3.05) is 12.4 Å². The third-order valence-corrected chi connectivity index (χ3v) is 5.84. The maximum atomic E-state index is 12.8. The van der Waals surface area contributed by atoms with Crippen LogP contribution in [0.25, 0.3) is 27.8 Å². The number of carbonyl (C=O) groups excluding carboxylic acids is 1. The van der Waals surface area contributed by atoms with Crippen molar-refractivity contribution in [3.8, 4) is 17.6 Å². The molecule has 3 heterocycles. The topological polar surface area (TPSA) is 139 Å². The van der Waals surface area contributed by atoms with E-state index in [1.807, 2.05) is 43.3 Å². The number of benzene rings is 2. The number of fused-ring (bicyclic) bond motifs is 2. The fraction of sp³-hybridized carbons (Fsp3) is 0.154. The fourth-order valence-electron chi connectivity index (χ4n) is 4.03. The number of hydrogen-bond donors (Lipinski definition) is 2. The first-order valence-corrected chi connectivity index (χ1v) is 11.2. The lowest BCUT2D eigenvalue weighted by Crippen LogP contribution is -2.20. The number of aromatic amines is 1. The third kappa shape index (κ3) is 4.14. The van der Waals surface area contributed by atoms with E-state index in [0.717, 1.165) is 10.9 Å². The number of ether oxygens (including phenoxy) is 1. The van der Waals surface area contributed by atoms with Gasteiger partial charge >= 0.3 is 0 Å². The number of carbonyl (C=O) groups is 1. The summed E-state index contributed by atoms with van der Waals surface area (Å²) in [5.41, 5.74) is 2.96. The molecule has 5 rings (SSSR count). The smallest absolute Gasteiger partial charge is 0.270 e. The largest absolute Gasteiger partial charge is 0.494 e. The van der Waals surface area contributed by atoms with Crippen LogP contribution in [0, 0.1) is 18.3 Å². The van der Waals surface area contributed by atoms with E-state index < -0.39 is 5.91 Å². The van der Waals surface area contributed by atoms with Gasteiger partial charge in [0, 0.05) is 18.2 Å². The highest BCUT2D eigenvalue weighted by molar-refractivity contribution is 5.92. The number of aromatic nitrogens is 5. The molecule has 0 radical (unpaired) electrons. The van der Waals surface area contributed by atoms with E-state index >= 15 is 0 Å². The number of pyridine rings is 1. The minimum atomic E-state index is -0.391. The van der Waals surface area contributed by atoms with E-state index in [2.05, 4.69) is 31.4 Å². The Labute approximate surface area is 205 Å². The second kappa shape index (κ2) is 9.31. The van der Waals surface area contributed by atoms with Crippen molar-refractivity contribution < 1.29 is 9.53 Å². The van der Waals surface area contributed by atoms with Gasteiger partial charge in [0.15, 0.2) is 11.6 Å². The van der Waals surface area contributed by atoms with Crippen LogP contribution in [0.2, 0.25) is 0 Å². The highest BCUT2D eigenvalue weighted by Crippen LogP contribution is 2.29. The average Bonchev–Trinajstić information content (AvgIpc) is 3.29. The van der Waals surface area contributed by atoms with Crippen LogP contribution >= 0.6 is 0 Å². The van der Waals surface area contributed by atoms with Crippen molar-refractivity contribution in [3.63, 3.8) is 0 Å². The number of rotatable bonds is 6. The van der Waals surface area contributed by atoms with E-state index in [-0.39, 0.29) is 35.5 Å². The van der Waals surface area contributed by atoms with Gasteiger partial charge in [0.25, 0.3) is 5.56 Å². The average molecular weight is 480 g/mol. The van der Waals surface area contributed by atoms with E-state index in [9.17, 15) is 14.9 Å². The third-order valence-electron chi connectivity index (χ3n) is 5.84. The molecule has 5 aromatic rings. The standard InChI is InChI=1S/C26H21N7O3/c1-15-12-22(31-24-17(15)6-5-9-21(24)36-2)33-25(16(13-27)14-28-33)32-23(34)11-10-20-26(35)30-19-8-4-3-7-18(19)29-20/h3-9,12,14H,10-11H2,1-2H3,(H,30,35)(H,32,34). The zero-order chi connectivity index (χ0) is 25.2. The lowest BCUT2D eigenvalue weighted by atomic mass is 10.1. The first kappa shape index (κ1) is 22.7. The van der Waals surface area contributed by atoms with Crippen LogP contribution < -0.4 is 15.6 Å². The van der Waals surface area contributed by atoms with Gasteiger partial charge in [-0.25, -0.2) is 9.97 Å². The summed E-state index contributed by atoms with van der Waals surface area (Å²) in [5.74, 6) is 0.833. The molecular formula is C26H21N7O3. The Hall–Kier alpha value is -5.04. The molecule has 0 aliphatic heterocycles. The molecule has 0 aliphatic carbocycles. The van der Waals surface area contributed by atoms with Crippen molar-refractivity contribution in [2.45, 2.75) is 19.8 Å². The molecule has 3 aromatic heterocycles. The first-order valence-electron chi connectivity index (χ1n) is 11.2. The lowest BCUT2D eigenvalue weighted by molar-refractivity contribution is -0.116. The first-order chi connectivity index (χ1) is 17.5. The van der Waals surface area contributed by atoms with Crippen molar-refractivity contribution in [1.29, 1.82) is 5.26 Å². The van der Waals surface area contributed by atoms with Gasteiger partial charge in [-0.3, -0.25) is 9.59 Å². The van der Waals surface area contributed by atoms with Gasteiger partial charge in [-0.15, -0.1) is 0 Å². The fourth-order valence-corrected chi connectivity index (χ4v) is 4.03. The molecule has 2 aromatic carbocycles. The molecule has 0 aliphatic rings. The molecule has 0 fully saturated rings. The predicted molar refractivity (Wildman–Crippen MR) is 134 cm³/mol. The summed E-state index contributed by atoms with van der Waals surface area (Å²) in [5, 5.41) is 17.6. The number of hydrogen-bond acceptors (Lipinski definition) is 7. The van der Waals surface area contributed by atoms with Gasteiger partial charge in [-0.2, -0.15) is 15.0 Å². The molecule has 2 N–H and O–H groups in total. The van der Waals surface area contributed by atoms with Crippen LogP contribution in [0.4, 0.5) is 5.82 Å². The van der Waals surface area contributed by atoms with Crippen LogP contribution in [0.5, 0.6) is 5.75 Å².